The summed E-state index contributed by atoms with van der Waals surface area (Å²) in [4.78, 5) is 22.7. The van der Waals surface area contributed by atoms with Gasteiger partial charge in [-0.2, -0.15) is 0 Å². The first-order chi connectivity index (χ1) is 19.3. The molecule has 1 unspecified atom stereocenters. The Kier molecular flexibility index (Phi) is 11.9. The highest BCUT2D eigenvalue weighted by Crippen LogP contribution is 2.30. The van der Waals surface area contributed by atoms with E-state index in [-0.39, 0.29) is 37.3 Å². The number of hydrogen-bond acceptors (Lipinski definition) is 5. The minimum Gasteiger partial charge on any atom is -0.390 e. The lowest BCUT2D eigenvalue weighted by atomic mass is 10.1. The Bertz CT molecular complexity index is 1490. The Balaban J connectivity index is 0.00000242. The summed E-state index contributed by atoms with van der Waals surface area (Å²) in [6.07, 6.45) is -0.684. The number of imidazole rings is 1. The van der Waals surface area contributed by atoms with Crippen LogP contribution in [0.4, 0.5) is 5.69 Å². The first kappa shape index (κ1) is 33.4. The van der Waals surface area contributed by atoms with Crippen molar-refractivity contribution in [1.29, 1.82) is 0 Å². The Morgan fingerprint density at radius 3 is 2.24 bits per heavy atom. The molecule has 224 valence electrons. The largest absolute Gasteiger partial charge is 0.390 e. The number of aryl methyl sites for hydroxylation is 1. The SMILES string of the molecule is Cc1cccc(N2CCN(CC(O)CNC(=O)c3nc(-c4ccccc4)n(-c4ccccc4Cl)c3C)CC2)c1C.Cl.Cl. The molecule has 0 aliphatic carbocycles. The van der Waals surface area contributed by atoms with Crippen molar-refractivity contribution in [2.45, 2.75) is 26.9 Å². The molecule has 1 aliphatic rings. The first-order valence-corrected chi connectivity index (χ1v) is 14.1. The van der Waals surface area contributed by atoms with Gasteiger partial charge in [-0.15, -0.1) is 24.8 Å². The molecule has 42 heavy (non-hydrogen) atoms. The number of amides is 1. The van der Waals surface area contributed by atoms with Crippen LogP contribution in [-0.4, -0.2) is 70.8 Å². The van der Waals surface area contributed by atoms with E-state index in [0.29, 0.717) is 28.8 Å². The van der Waals surface area contributed by atoms with Gasteiger partial charge in [-0.1, -0.05) is 66.2 Å². The second-order valence-electron chi connectivity index (χ2n) is 10.4. The van der Waals surface area contributed by atoms with Gasteiger partial charge < -0.3 is 15.3 Å². The lowest BCUT2D eigenvalue weighted by Crippen LogP contribution is -2.50. The van der Waals surface area contributed by atoms with Crippen LogP contribution in [0.5, 0.6) is 0 Å². The molecule has 1 fully saturated rings. The number of benzene rings is 3. The van der Waals surface area contributed by atoms with Crippen molar-refractivity contribution in [3.63, 3.8) is 0 Å². The van der Waals surface area contributed by atoms with E-state index in [1.54, 1.807) is 0 Å². The zero-order valence-electron chi connectivity index (χ0n) is 24.1. The van der Waals surface area contributed by atoms with Crippen LogP contribution in [0.2, 0.25) is 5.02 Å². The molecule has 1 aromatic heterocycles. The summed E-state index contributed by atoms with van der Waals surface area (Å²) < 4.78 is 1.92. The molecule has 5 rings (SSSR count). The summed E-state index contributed by atoms with van der Waals surface area (Å²) in [6.45, 7) is 10.4. The van der Waals surface area contributed by atoms with Crippen molar-refractivity contribution >= 4 is 48.0 Å². The van der Waals surface area contributed by atoms with Crippen molar-refractivity contribution in [2.75, 3.05) is 44.2 Å². The fourth-order valence-electron chi connectivity index (χ4n) is 5.33. The van der Waals surface area contributed by atoms with Crippen LogP contribution in [0.1, 0.15) is 27.3 Å². The topological polar surface area (TPSA) is 73.6 Å². The molecule has 1 amide bonds. The van der Waals surface area contributed by atoms with Crippen molar-refractivity contribution in [3.8, 4) is 17.1 Å². The van der Waals surface area contributed by atoms with Gasteiger partial charge in [0.15, 0.2) is 0 Å². The summed E-state index contributed by atoms with van der Waals surface area (Å²) in [6, 6.07) is 23.7. The average molecular weight is 631 g/mol. The van der Waals surface area contributed by atoms with Gasteiger partial charge in [0, 0.05) is 50.5 Å². The third kappa shape index (κ3) is 7.28. The number of halogens is 3. The van der Waals surface area contributed by atoms with Crippen LogP contribution in [0.3, 0.4) is 0 Å². The normalized spacial score (nSPS) is 14.1. The molecule has 1 atom stereocenters. The molecule has 0 radical (unpaired) electrons. The summed E-state index contributed by atoms with van der Waals surface area (Å²) >= 11 is 6.54. The van der Waals surface area contributed by atoms with Gasteiger partial charge in [0.1, 0.15) is 11.5 Å². The molecule has 4 aromatic rings. The maximum atomic E-state index is 13.3. The number of carbonyl (C=O) groups excluding carboxylic acids is 1. The number of para-hydroxylation sites is 1. The molecular formula is C32H38Cl3N5O2. The maximum Gasteiger partial charge on any atom is 0.271 e. The second-order valence-corrected chi connectivity index (χ2v) is 10.8. The van der Waals surface area contributed by atoms with Gasteiger partial charge in [-0.3, -0.25) is 14.3 Å². The number of carbonyl (C=O) groups is 1. The van der Waals surface area contributed by atoms with Crippen LogP contribution >= 0.6 is 36.4 Å². The van der Waals surface area contributed by atoms with Crippen molar-refractivity contribution in [1.82, 2.24) is 19.8 Å². The molecule has 0 bridgehead atoms. The highest BCUT2D eigenvalue weighted by atomic mass is 35.5. The summed E-state index contributed by atoms with van der Waals surface area (Å²) in [5.74, 6) is 0.317. The highest BCUT2D eigenvalue weighted by molar-refractivity contribution is 6.32. The van der Waals surface area contributed by atoms with Crippen LogP contribution in [0.15, 0.2) is 72.8 Å². The second kappa shape index (κ2) is 14.9. The molecule has 10 heteroatoms. The van der Waals surface area contributed by atoms with E-state index in [9.17, 15) is 9.90 Å². The van der Waals surface area contributed by atoms with E-state index < -0.39 is 6.10 Å². The zero-order valence-corrected chi connectivity index (χ0v) is 26.5. The predicted octanol–water partition coefficient (Wildman–Crippen LogP) is 5.87. The Labute approximate surface area is 265 Å². The van der Waals surface area contributed by atoms with Crippen molar-refractivity contribution < 1.29 is 9.90 Å². The molecular weight excluding hydrogens is 593 g/mol. The minimum atomic E-state index is -0.684. The van der Waals surface area contributed by atoms with Gasteiger partial charge in [-0.25, -0.2) is 4.98 Å². The highest BCUT2D eigenvalue weighted by Gasteiger charge is 2.24. The number of aromatic nitrogens is 2. The molecule has 1 aliphatic heterocycles. The summed E-state index contributed by atoms with van der Waals surface area (Å²) in [5.41, 5.74) is 6.54. The standard InChI is InChI=1S/C32H36ClN5O2.2ClH/c1-22-10-9-15-28(23(22)2)37-18-16-36(17-19-37)21-26(39)20-34-32(40)30-24(3)38(29-14-8-7-13-27(29)33)31(35-30)25-11-5-4-6-12-25;;/h4-15,26,39H,16-21H2,1-3H3,(H,34,40);2*1H. The lowest BCUT2D eigenvalue weighted by Gasteiger charge is -2.37. The fourth-order valence-corrected chi connectivity index (χ4v) is 5.55. The Hall–Kier alpha value is -3.07. The molecule has 0 saturated carbocycles. The van der Waals surface area contributed by atoms with Crippen LogP contribution in [0.25, 0.3) is 17.1 Å². The van der Waals surface area contributed by atoms with E-state index in [1.165, 1.54) is 16.8 Å². The number of piperazine rings is 1. The third-order valence-electron chi connectivity index (χ3n) is 7.70. The monoisotopic (exact) mass is 629 g/mol. The van der Waals surface area contributed by atoms with Crippen molar-refractivity contribution in [3.05, 3.63) is 100 Å². The number of β-amino-alcohol motifs (C(OH)–C–C–N with tert-alkyl or cyclic N) is 1. The van der Waals surface area contributed by atoms with Crippen LogP contribution < -0.4 is 10.2 Å². The smallest absolute Gasteiger partial charge is 0.271 e. The summed E-state index contributed by atoms with van der Waals surface area (Å²) in [7, 11) is 0. The summed E-state index contributed by atoms with van der Waals surface area (Å²) in [5, 5.41) is 14.2. The van der Waals surface area contributed by atoms with Crippen LogP contribution in [-0.2, 0) is 0 Å². The quantitative estimate of drug-likeness (QED) is 0.255. The Morgan fingerprint density at radius 2 is 1.55 bits per heavy atom. The van der Waals surface area contributed by atoms with E-state index >= 15 is 0 Å². The van der Waals surface area contributed by atoms with Gasteiger partial charge >= 0.3 is 0 Å². The number of anilines is 1. The number of nitrogens with one attached hydrogen (secondary N) is 1. The van der Waals surface area contributed by atoms with Gasteiger partial charge in [0.25, 0.3) is 5.91 Å². The molecule has 3 aromatic carbocycles. The third-order valence-corrected chi connectivity index (χ3v) is 8.02. The average Bonchev–Trinajstić information content (AvgIpc) is 3.31. The van der Waals surface area contributed by atoms with Crippen molar-refractivity contribution in [2.24, 2.45) is 0 Å². The fraction of sp³-hybridized carbons (Fsp3) is 0.312. The molecule has 2 N–H and O–H groups in total. The van der Waals surface area contributed by atoms with E-state index in [1.807, 2.05) is 66.1 Å². The molecule has 0 spiro atoms. The van der Waals surface area contributed by atoms with E-state index in [0.717, 1.165) is 37.4 Å². The number of hydrogen-bond donors (Lipinski definition) is 2. The maximum absolute atomic E-state index is 13.3. The number of aliphatic hydroxyl groups excluding tert-OH is 1. The van der Waals surface area contributed by atoms with Gasteiger partial charge in [-0.05, 0) is 50.1 Å². The van der Waals surface area contributed by atoms with E-state index in [2.05, 4.69) is 47.2 Å². The number of nitrogens with zero attached hydrogens (tertiary/aromatic N) is 4. The predicted molar refractivity (Wildman–Crippen MR) is 176 cm³/mol. The lowest BCUT2D eigenvalue weighted by molar-refractivity contribution is 0.0847. The van der Waals surface area contributed by atoms with Crippen LogP contribution in [0, 0.1) is 20.8 Å². The zero-order chi connectivity index (χ0) is 28.2. The first-order valence-electron chi connectivity index (χ1n) is 13.7. The Morgan fingerprint density at radius 1 is 0.905 bits per heavy atom. The molecule has 1 saturated heterocycles. The van der Waals surface area contributed by atoms with Gasteiger partial charge in [0.05, 0.1) is 22.5 Å². The van der Waals surface area contributed by atoms with Gasteiger partial charge in [0.2, 0.25) is 0 Å². The molecule has 7 nitrogen and oxygen atoms in total. The number of aliphatic hydroxyl groups is 1. The minimum absolute atomic E-state index is 0. The van der Waals surface area contributed by atoms with E-state index in [4.69, 9.17) is 16.6 Å². The molecule has 2 heterocycles. The number of rotatable bonds is 8.